The SMILES string of the molecule is CN1CCN(Cc2ccsc2)CC1c1nnn2cc(-c3ccncc3)ccc12. The zero-order valence-corrected chi connectivity index (χ0v) is 16.6. The van der Waals surface area contributed by atoms with Gasteiger partial charge < -0.3 is 0 Å². The fraction of sp³-hybridized carbons (Fsp3) is 0.286. The Balaban J connectivity index is 1.43. The number of fused-ring (bicyclic) bond motifs is 1. The minimum atomic E-state index is 0.247. The van der Waals surface area contributed by atoms with Crippen LogP contribution in [0.2, 0.25) is 0 Å². The molecule has 1 fully saturated rings. The molecule has 0 aliphatic carbocycles. The highest BCUT2D eigenvalue weighted by Crippen LogP contribution is 2.28. The molecule has 0 bridgehead atoms. The number of hydrogen-bond donors (Lipinski definition) is 0. The average Bonchev–Trinajstić information content (AvgIpc) is 3.39. The van der Waals surface area contributed by atoms with Gasteiger partial charge in [-0.05, 0) is 53.2 Å². The van der Waals surface area contributed by atoms with Gasteiger partial charge in [0.2, 0.25) is 0 Å². The molecule has 5 rings (SSSR count). The van der Waals surface area contributed by atoms with Gasteiger partial charge in [0.15, 0.2) is 0 Å². The van der Waals surface area contributed by atoms with Crippen molar-refractivity contribution in [2.45, 2.75) is 12.6 Å². The van der Waals surface area contributed by atoms with Crippen molar-refractivity contribution in [1.29, 1.82) is 0 Å². The molecule has 142 valence electrons. The number of aromatic nitrogens is 4. The van der Waals surface area contributed by atoms with E-state index in [4.69, 9.17) is 0 Å². The standard InChI is InChI=1S/C21H22N6S/c1-25-9-10-26(12-16-6-11-28-15-16)14-20(25)21-19-3-2-18(13-27(19)24-23-21)17-4-7-22-8-5-17/h2-8,11,13,15,20H,9-10,12,14H2,1H3. The molecule has 0 radical (unpaired) electrons. The molecule has 4 aromatic rings. The molecule has 0 amide bonds. The number of rotatable bonds is 4. The van der Waals surface area contributed by atoms with Crippen molar-refractivity contribution in [3.05, 3.63) is 70.9 Å². The van der Waals surface area contributed by atoms with Crippen LogP contribution in [0.15, 0.2) is 59.7 Å². The number of thiophene rings is 1. The fourth-order valence-electron chi connectivity index (χ4n) is 3.88. The van der Waals surface area contributed by atoms with Crippen LogP contribution < -0.4 is 0 Å². The van der Waals surface area contributed by atoms with Crippen molar-refractivity contribution >= 4 is 16.9 Å². The normalized spacial score (nSPS) is 18.7. The maximum absolute atomic E-state index is 4.57. The lowest BCUT2D eigenvalue weighted by Crippen LogP contribution is -2.46. The van der Waals surface area contributed by atoms with Crippen molar-refractivity contribution in [3.63, 3.8) is 0 Å². The van der Waals surface area contributed by atoms with E-state index in [1.807, 2.05) is 35.2 Å². The van der Waals surface area contributed by atoms with E-state index in [0.717, 1.165) is 48.5 Å². The van der Waals surface area contributed by atoms with Crippen LogP contribution in [-0.4, -0.2) is 56.3 Å². The lowest BCUT2D eigenvalue weighted by molar-refractivity contribution is 0.0890. The first kappa shape index (κ1) is 17.5. The topological polar surface area (TPSA) is 49.6 Å². The second-order valence-corrected chi connectivity index (χ2v) is 8.10. The Kier molecular flexibility index (Phi) is 4.64. The third-order valence-corrected chi connectivity index (χ3v) is 6.22. The Morgan fingerprint density at radius 3 is 2.79 bits per heavy atom. The molecule has 5 heterocycles. The number of likely N-dealkylation sites (N-methyl/N-ethyl adjacent to an activating group) is 1. The van der Waals surface area contributed by atoms with Crippen LogP contribution in [-0.2, 0) is 6.54 Å². The average molecular weight is 391 g/mol. The maximum atomic E-state index is 4.57. The Morgan fingerprint density at radius 1 is 1.07 bits per heavy atom. The lowest BCUT2D eigenvalue weighted by atomic mass is 10.1. The van der Waals surface area contributed by atoms with E-state index in [1.54, 1.807) is 11.3 Å². The third-order valence-electron chi connectivity index (χ3n) is 5.49. The molecule has 4 aromatic heterocycles. The Morgan fingerprint density at radius 2 is 1.96 bits per heavy atom. The highest BCUT2D eigenvalue weighted by molar-refractivity contribution is 7.07. The van der Waals surface area contributed by atoms with E-state index >= 15 is 0 Å². The first-order chi connectivity index (χ1) is 13.8. The van der Waals surface area contributed by atoms with E-state index in [1.165, 1.54) is 5.56 Å². The summed E-state index contributed by atoms with van der Waals surface area (Å²) >= 11 is 1.76. The van der Waals surface area contributed by atoms with Crippen molar-refractivity contribution in [2.75, 3.05) is 26.7 Å². The van der Waals surface area contributed by atoms with E-state index < -0.39 is 0 Å². The zero-order chi connectivity index (χ0) is 18.9. The summed E-state index contributed by atoms with van der Waals surface area (Å²) in [4.78, 5) is 9.01. The molecular weight excluding hydrogens is 368 g/mol. The van der Waals surface area contributed by atoms with Gasteiger partial charge in [-0.2, -0.15) is 11.3 Å². The number of nitrogens with zero attached hydrogens (tertiary/aromatic N) is 6. The zero-order valence-electron chi connectivity index (χ0n) is 15.8. The summed E-state index contributed by atoms with van der Waals surface area (Å²) in [5.74, 6) is 0. The second-order valence-electron chi connectivity index (χ2n) is 7.32. The van der Waals surface area contributed by atoms with Crippen LogP contribution in [0.25, 0.3) is 16.6 Å². The van der Waals surface area contributed by atoms with E-state index in [9.17, 15) is 0 Å². The predicted octanol–water partition coefficient (Wildman–Crippen LogP) is 3.34. The molecule has 0 N–H and O–H groups in total. The van der Waals surface area contributed by atoms with Gasteiger partial charge in [0.05, 0.1) is 11.6 Å². The summed E-state index contributed by atoms with van der Waals surface area (Å²) in [5, 5.41) is 13.4. The van der Waals surface area contributed by atoms with Crippen molar-refractivity contribution in [1.82, 2.24) is 29.6 Å². The minimum absolute atomic E-state index is 0.247. The molecule has 28 heavy (non-hydrogen) atoms. The van der Waals surface area contributed by atoms with Gasteiger partial charge >= 0.3 is 0 Å². The first-order valence-electron chi connectivity index (χ1n) is 9.47. The Bertz CT molecular complexity index is 1060. The van der Waals surface area contributed by atoms with Crippen LogP contribution in [0.1, 0.15) is 17.3 Å². The lowest BCUT2D eigenvalue weighted by Gasteiger charge is -2.38. The molecule has 6 nitrogen and oxygen atoms in total. The molecule has 1 saturated heterocycles. The monoisotopic (exact) mass is 390 g/mol. The van der Waals surface area contributed by atoms with E-state index in [0.29, 0.717) is 0 Å². The van der Waals surface area contributed by atoms with Crippen LogP contribution in [0.3, 0.4) is 0 Å². The molecule has 0 saturated carbocycles. The van der Waals surface area contributed by atoms with Crippen molar-refractivity contribution < 1.29 is 0 Å². The van der Waals surface area contributed by atoms with Crippen LogP contribution in [0, 0.1) is 0 Å². The molecule has 1 aliphatic rings. The van der Waals surface area contributed by atoms with Gasteiger partial charge in [0.25, 0.3) is 0 Å². The van der Waals surface area contributed by atoms with E-state index in [2.05, 4.69) is 61.1 Å². The van der Waals surface area contributed by atoms with Gasteiger partial charge in [-0.3, -0.25) is 14.8 Å². The summed E-state index contributed by atoms with van der Waals surface area (Å²) < 4.78 is 1.90. The second kappa shape index (κ2) is 7.43. The Labute approximate surface area is 168 Å². The van der Waals surface area contributed by atoms with Gasteiger partial charge in [0.1, 0.15) is 5.69 Å². The largest absolute Gasteiger partial charge is 0.296 e. The first-order valence-corrected chi connectivity index (χ1v) is 10.4. The molecule has 1 aliphatic heterocycles. The van der Waals surface area contributed by atoms with Gasteiger partial charge in [0, 0.05) is 50.3 Å². The number of piperazine rings is 1. The van der Waals surface area contributed by atoms with Crippen molar-refractivity contribution in [3.8, 4) is 11.1 Å². The van der Waals surface area contributed by atoms with E-state index in [-0.39, 0.29) is 6.04 Å². The number of pyridine rings is 2. The van der Waals surface area contributed by atoms with Gasteiger partial charge in [-0.25, -0.2) is 4.52 Å². The summed E-state index contributed by atoms with van der Waals surface area (Å²) in [5.41, 5.74) is 5.77. The highest BCUT2D eigenvalue weighted by Gasteiger charge is 2.29. The summed E-state index contributed by atoms with van der Waals surface area (Å²) in [6.45, 7) is 4.07. The smallest absolute Gasteiger partial charge is 0.109 e. The molecule has 7 heteroatoms. The van der Waals surface area contributed by atoms with Crippen LogP contribution >= 0.6 is 11.3 Å². The Hall–Kier alpha value is -2.61. The van der Waals surface area contributed by atoms with Gasteiger partial charge in [-0.1, -0.05) is 11.3 Å². The van der Waals surface area contributed by atoms with Crippen molar-refractivity contribution in [2.24, 2.45) is 0 Å². The van der Waals surface area contributed by atoms with Gasteiger partial charge in [-0.15, -0.1) is 5.10 Å². The molecule has 0 aromatic carbocycles. The molecule has 0 spiro atoms. The maximum Gasteiger partial charge on any atom is 0.109 e. The quantitative estimate of drug-likeness (QED) is 0.535. The minimum Gasteiger partial charge on any atom is -0.296 e. The summed E-state index contributed by atoms with van der Waals surface area (Å²) in [6.07, 6.45) is 5.67. The predicted molar refractivity (Wildman–Crippen MR) is 111 cm³/mol. The number of hydrogen-bond acceptors (Lipinski definition) is 6. The third kappa shape index (κ3) is 3.32. The van der Waals surface area contributed by atoms with Crippen LogP contribution in [0.4, 0.5) is 0 Å². The molecule has 1 unspecified atom stereocenters. The molecule has 1 atom stereocenters. The summed E-state index contributed by atoms with van der Waals surface area (Å²) in [6, 6.07) is 10.8. The van der Waals surface area contributed by atoms with Crippen LogP contribution in [0.5, 0.6) is 0 Å². The fourth-order valence-corrected chi connectivity index (χ4v) is 4.54. The summed E-state index contributed by atoms with van der Waals surface area (Å²) in [7, 11) is 2.18. The highest BCUT2D eigenvalue weighted by atomic mass is 32.1. The molecular formula is C21H22N6S.